The molecule has 5 heteroatoms. The van der Waals surface area contributed by atoms with Gasteiger partial charge in [-0.2, -0.15) is 0 Å². The Morgan fingerprint density at radius 1 is 1.20 bits per heavy atom. The molecule has 112 valence electrons. The summed E-state index contributed by atoms with van der Waals surface area (Å²) in [5.41, 5.74) is 0.180. The number of halogens is 3. The second-order valence-corrected chi connectivity index (χ2v) is 5.09. The normalized spacial score (nSPS) is 24.1. The summed E-state index contributed by atoms with van der Waals surface area (Å²) in [4.78, 5) is 0. The molecule has 0 amide bonds. The number of nitrogens with one attached hydrogen (secondary N) is 1. The zero-order chi connectivity index (χ0) is 14.7. The van der Waals surface area contributed by atoms with Gasteiger partial charge in [-0.1, -0.05) is 13.8 Å². The first-order valence-electron chi connectivity index (χ1n) is 7.07. The fourth-order valence-electron chi connectivity index (χ4n) is 2.96. The second kappa shape index (κ2) is 6.59. The van der Waals surface area contributed by atoms with E-state index in [1.54, 1.807) is 0 Å². The molecular weight excluding hydrogens is 267 g/mol. The summed E-state index contributed by atoms with van der Waals surface area (Å²) in [5, 5.41) is 3.18. The minimum Gasteiger partial charge on any atom is -0.378 e. The van der Waals surface area contributed by atoms with E-state index in [2.05, 4.69) is 5.32 Å². The molecule has 20 heavy (non-hydrogen) atoms. The summed E-state index contributed by atoms with van der Waals surface area (Å²) in [5.74, 6) is -2.82. The number of benzene rings is 1. The third-order valence-corrected chi connectivity index (χ3v) is 3.89. The fraction of sp³-hybridized carbons (Fsp3) is 0.600. The topological polar surface area (TPSA) is 21.3 Å². The van der Waals surface area contributed by atoms with Crippen LogP contribution in [-0.4, -0.2) is 19.3 Å². The molecular formula is C15H20F3NO. The molecule has 1 aromatic rings. The molecule has 1 aliphatic heterocycles. The van der Waals surface area contributed by atoms with E-state index in [0.29, 0.717) is 19.2 Å². The van der Waals surface area contributed by atoms with Crippen molar-refractivity contribution in [1.82, 2.24) is 5.32 Å². The molecule has 1 aliphatic rings. The molecule has 2 rings (SSSR count). The Kier molecular flexibility index (Phi) is 5.05. The summed E-state index contributed by atoms with van der Waals surface area (Å²) in [6, 6.07) is 1.22. The fourth-order valence-corrected chi connectivity index (χ4v) is 2.96. The van der Waals surface area contributed by atoms with Gasteiger partial charge in [-0.05, 0) is 25.5 Å². The summed E-state index contributed by atoms with van der Waals surface area (Å²) in [7, 11) is 0. The molecule has 0 radical (unpaired) electrons. The first-order chi connectivity index (χ1) is 9.58. The highest BCUT2D eigenvalue weighted by molar-refractivity contribution is 5.24. The maximum Gasteiger partial charge on any atom is 0.161 e. The van der Waals surface area contributed by atoms with Gasteiger partial charge in [0.2, 0.25) is 0 Å². The molecule has 3 atom stereocenters. The maximum atomic E-state index is 14.0. The lowest BCUT2D eigenvalue weighted by Gasteiger charge is -2.28. The molecule has 0 aromatic heterocycles. The van der Waals surface area contributed by atoms with E-state index in [-0.39, 0.29) is 23.6 Å². The summed E-state index contributed by atoms with van der Waals surface area (Å²) >= 11 is 0. The quantitative estimate of drug-likeness (QED) is 0.836. The van der Waals surface area contributed by atoms with Crippen molar-refractivity contribution >= 4 is 0 Å². The summed E-state index contributed by atoms with van der Waals surface area (Å²) in [6.07, 6.45) is 1.62. The third-order valence-electron chi connectivity index (χ3n) is 3.89. The van der Waals surface area contributed by atoms with E-state index in [9.17, 15) is 13.2 Å². The summed E-state index contributed by atoms with van der Waals surface area (Å²) in [6.45, 7) is 5.15. The third kappa shape index (κ3) is 2.99. The molecule has 1 N–H and O–H groups in total. The van der Waals surface area contributed by atoms with Gasteiger partial charge in [-0.25, -0.2) is 13.2 Å². The van der Waals surface area contributed by atoms with Crippen molar-refractivity contribution in [3.63, 3.8) is 0 Å². The van der Waals surface area contributed by atoms with Crippen molar-refractivity contribution in [2.45, 2.75) is 38.8 Å². The molecule has 3 unspecified atom stereocenters. The van der Waals surface area contributed by atoms with E-state index in [1.807, 2.05) is 13.8 Å². The zero-order valence-corrected chi connectivity index (χ0v) is 11.8. The van der Waals surface area contributed by atoms with Gasteiger partial charge in [0.1, 0.15) is 5.82 Å². The van der Waals surface area contributed by atoms with E-state index in [1.165, 1.54) is 0 Å². The average Bonchev–Trinajstić information content (AvgIpc) is 2.88. The molecule has 0 spiro atoms. The number of hydrogen-bond acceptors (Lipinski definition) is 2. The van der Waals surface area contributed by atoms with Gasteiger partial charge in [0.25, 0.3) is 0 Å². The minimum absolute atomic E-state index is 0.0200. The Balaban J connectivity index is 2.35. The van der Waals surface area contributed by atoms with Crippen molar-refractivity contribution < 1.29 is 17.9 Å². The van der Waals surface area contributed by atoms with E-state index < -0.39 is 17.5 Å². The van der Waals surface area contributed by atoms with Gasteiger partial charge in [0.05, 0.1) is 6.10 Å². The number of ether oxygens (including phenoxy) is 1. The lowest BCUT2D eigenvalue weighted by Crippen LogP contribution is -2.33. The second-order valence-electron chi connectivity index (χ2n) is 5.09. The summed E-state index contributed by atoms with van der Waals surface area (Å²) < 4.78 is 46.1. The molecule has 0 saturated carbocycles. The largest absolute Gasteiger partial charge is 0.378 e. The number of hydrogen-bond donors (Lipinski definition) is 1. The van der Waals surface area contributed by atoms with Crippen molar-refractivity contribution in [1.29, 1.82) is 0 Å². The van der Waals surface area contributed by atoms with Crippen LogP contribution in [0.1, 0.15) is 38.3 Å². The predicted octanol–water partition coefficient (Wildman–Crippen LogP) is 3.57. The maximum absolute atomic E-state index is 14.0. The van der Waals surface area contributed by atoms with Crippen LogP contribution in [0.4, 0.5) is 13.2 Å². The first kappa shape index (κ1) is 15.3. The highest BCUT2D eigenvalue weighted by atomic mass is 19.2. The monoisotopic (exact) mass is 287 g/mol. The average molecular weight is 287 g/mol. The lowest BCUT2D eigenvalue weighted by molar-refractivity contribution is 0.0771. The molecule has 1 fully saturated rings. The van der Waals surface area contributed by atoms with E-state index in [0.717, 1.165) is 18.9 Å². The smallest absolute Gasteiger partial charge is 0.161 e. The Bertz CT molecular complexity index is 467. The van der Waals surface area contributed by atoms with E-state index >= 15 is 0 Å². The van der Waals surface area contributed by atoms with Gasteiger partial charge < -0.3 is 10.1 Å². The molecule has 0 bridgehead atoms. The first-order valence-corrected chi connectivity index (χ1v) is 7.07. The zero-order valence-electron chi connectivity index (χ0n) is 11.8. The Labute approximate surface area is 117 Å². The van der Waals surface area contributed by atoms with Crippen molar-refractivity contribution in [2.24, 2.45) is 5.92 Å². The van der Waals surface area contributed by atoms with Gasteiger partial charge >= 0.3 is 0 Å². The van der Waals surface area contributed by atoms with Gasteiger partial charge in [0.15, 0.2) is 11.6 Å². The van der Waals surface area contributed by atoms with Crippen LogP contribution in [-0.2, 0) is 4.74 Å². The van der Waals surface area contributed by atoms with Gasteiger partial charge in [-0.3, -0.25) is 0 Å². The molecule has 2 nitrogen and oxygen atoms in total. The van der Waals surface area contributed by atoms with Crippen LogP contribution in [0.5, 0.6) is 0 Å². The van der Waals surface area contributed by atoms with E-state index in [4.69, 9.17) is 4.74 Å². The predicted molar refractivity (Wildman–Crippen MR) is 70.9 cm³/mol. The minimum atomic E-state index is -1.16. The Morgan fingerprint density at radius 3 is 2.55 bits per heavy atom. The van der Waals surface area contributed by atoms with Crippen LogP contribution in [0.2, 0.25) is 0 Å². The number of rotatable bonds is 5. The van der Waals surface area contributed by atoms with Crippen LogP contribution in [0.25, 0.3) is 0 Å². The van der Waals surface area contributed by atoms with Crippen LogP contribution >= 0.6 is 0 Å². The molecule has 1 heterocycles. The Hall–Kier alpha value is -1.07. The van der Waals surface area contributed by atoms with Gasteiger partial charge in [0, 0.05) is 30.2 Å². The highest BCUT2D eigenvalue weighted by Crippen LogP contribution is 2.36. The Morgan fingerprint density at radius 2 is 1.90 bits per heavy atom. The van der Waals surface area contributed by atoms with Crippen molar-refractivity contribution in [2.75, 3.05) is 13.2 Å². The standard InChI is InChI=1S/C15H20F3NO/c1-3-14-9(5-6-20-14)15(19-4-2)10-7-12(17)13(18)8-11(10)16/h7-9,14-15,19H,3-6H2,1-2H3. The van der Waals surface area contributed by atoms with Crippen LogP contribution < -0.4 is 5.32 Å². The lowest BCUT2D eigenvalue weighted by atomic mass is 9.86. The molecule has 0 aliphatic carbocycles. The highest BCUT2D eigenvalue weighted by Gasteiger charge is 2.35. The molecule has 1 aromatic carbocycles. The van der Waals surface area contributed by atoms with Crippen LogP contribution in [0.3, 0.4) is 0 Å². The van der Waals surface area contributed by atoms with Crippen molar-refractivity contribution in [3.05, 3.63) is 35.1 Å². The molecule has 1 saturated heterocycles. The van der Waals surface area contributed by atoms with Crippen LogP contribution in [0.15, 0.2) is 12.1 Å². The van der Waals surface area contributed by atoms with Crippen LogP contribution in [0, 0.1) is 23.4 Å². The van der Waals surface area contributed by atoms with Crippen molar-refractivity contribution in [3.8, 4) is 0 Å². The SMILES string of the molecule is CCNC(c1cc(F)c(F)cc1F)C1CCOC1CC. The van der Waals surface area contributed by atoms with Gasteiger partial charge in [-0.15, -0.1) is 0 Å².